The summed E-state index contributed by atoms with van der Waals surface area (Å²) in [5.74, 6) is 1.62. The zero-order chi connectivity index (χ0) is 21.2. The zero-order valence-corrected chi connectivity index (χ0v) is 18.5. The first-order valence-electron chi connectivity index (χ1n) is 11.2. The summed E-state index contributed by atoms with van der Waals surface area (Å²) in [4.78, 5) is 22.7. The predicted octanol–water partition coefficient (Wildman–Crippen LogP) is 3.58. The number of thioether (sulfide) groups is 1. The Hall–Kier alpha value is -2.26. The third-order valence-electron chi connectivity index (χ3n) is 7.47. The van der Waals surface area contributed by atoms with Gasteiger partial charge in [0, 0.05) is 18.0 Å². The van der Waals surface area contributed by atoms with Crippen LogP contribution in [-0.2, 0) is 16.6 Å². The third kappa shape index (κ3) is 2.75. The molecule has 3 aliphatic carbocycles. The van der Waals surface area contributed by atoms with Crippen molar-refractivity contribution in [3.05, 3.63) is 17.5 Å². The number of ketones is 1. The van der Waals surface area contributed by atoms with Gasteiger partial charge in [0.25, 0.3) is 0 Å². The standard InChI is InChI=1S/C22H26N6O2S/c1-31-21-13-11-24-28(15-8-7-14(15)23)20(13)25-19(26-21)17-12-5-4-10-22(18(12)30-27-17)9-3-2-6-16(22)29/h11,14-15H,2-10,23H2,1H3/t14-,15-,22+/m0/s1. The van der Waals surface area contributed by atoms with E-state index in [-0.39, 0.29) is 12.1 Å². The van der Waals surface area contributed by atoms with Gasteiger partial charge in [-0.3, -0.25) is 4.79 Å². The highest BCUT2D eigenvalue weighted by molar-refractivity contribution is 7.98. The Bertz CT molecular complexity index is 1190. The van der Waals surface area contributed by atoms with E-state index in [1.165, 1.54) is 0 Å². The average Bonchev–Trinajstić information content (AvgIpc) is 3.40. The molecule has 0 aliphatic heterocycles. The molecule has 9 heteroatoms. The first-order valence-corrected chi connectivity index (χ1v) is 12.4. The average molecular weight is 439 g/mol. The van der Waals surface area contributed by atoms with Crippen molar-refractivity contribution >= 4 is 28.6 Å². The lowest BCUT2D eigenvalue weighted by atomic mass is 9.64. The second-order valence-electron chi connectivity index (χ2n) is 9.10. The van der Waals surface area contributed by atoms with Crippen LogP contribution < -0.4 is 5.73 Å². The van der Waals surface area contributed by atoms with Crippen LogP contribution in [0.5, 0.6) is 0 Å². The molecule has 3 heterocycles. The van der Waals surface area contributed by atoms with Gasteiger partial charge in [-0.2, -0.15) is 5.10 Å². The lowest BCUT2D eigenvalue weighted by Crippen LogP contribution is -2.41. The molecule has 3 aromatic rings. The summed E-state index contributed by atoms with van der Waals surface area (Å²) in [6, 6.07) is 0.278. The van der Waals surface area contributed by atoms with E-state index in [1.54, 1.807) is 11.8 Å². The number of nitrogens with zero attached hydrogens (tertiary/aromatic N) is 5. The Balaban J connectivity index is 1.50. The molecule has 0 saturated heterocycles. The molecule has 2 saturated carbocycles. The molecule has 0 radical (unpaired) electrons. The maximum Gasteiger partial charge on any atom is 0.185 e. The zero-order valence-electron chi connectivity index (χ0n) is 17.6. The minimum absolute atomic E-state index is 0.108. The van der Waals surface area contributed by atoms with E-state index in [9.17, 15) is 4.79 Å². The summed E-state index contributed by atoms with van der Waals surface area (Å²) >= 11 is 1.57. The van der Waals surface area contributed by atoms with E-state index in [1.807, 2.05) is 17.1 Å². The van der Waals surface area contributed by atoms with E-state index in [4.69, 9.17) is 20.2 Å². The summed E-state index contributed by atoms with van der Waals surface area (Å²) in [5, 5.41) is 10.8. The number of carbonyl (C=O) groups excluding carboxylic acids is 1. The van der Waals surface area contributed by atoms with Gasteiger partial charge >= 0.3 is 0 Å². The highest BCUT2D eigenvalue weighted by Gasteiger charge is 2.48. The minimum atomic E-state index is -0.496. The molecule has 3 atom stereocenters. The predicted molar refractivity (Wildman–Crippen MR) is 117 cm³/mol. The molecule has 2 N–H and O–H groups in total. The Morgan fingerprint density at radius 3 is 2.81 bits per heavy atom. The van der Waals surface area contributed by atoms with E-state index in [0.29, 0.717) is 23.7 Å². The van der Waals surface area contributed by atoms with Crippen molar-refractivity contribution in [1.29, 1.82) is 0 Å². The van der Waals surface area contributed by atoms with Crippen LogP contribution in [0, 0.1) is 0 Å². The first kappa shape index (κ1) is 19.4. The van der Waals surface area contributed by atoms with Gasteiger partial charge in [-0.15, -0.1) is 11.8 Å². The highest BCUT2D eigenvalue weighted by atomic mass is 32.2. The number of hydrogen-bond acceptors (Lipinski definition) is 8. The number of Topliss-reactive ketones (excluding diaryl/α,β-unsaturated/α-hetero) is 1. The first-order chi connectivity index (χ1) is 15.1. The SMILES string of the molecule is CSc1nc(-c2noc3c2CCC[C@@]32CCCCC2=O)nc2c1cnn2[C@H]1CC[C@@H]1N. The van der Waals surface area contributed by atoms with Crippen LogP contribution in [-0.4, -0.2) is 43.0 Å². The Kier molecular flexibility index (Phi) is 4.47. The molecular weight excluding hydrogens is 412 g/mol. The van der Waals surface area contributed by atoms with Crippen molar-refractivity contribution in [3.8, 4) is 11.5 Å². The molecular formula is C22H26N6O2S. The van der Waals surface area contributed by atoms with Gasteiger partial charge in [-0.1, -0.05) is 11.6 Å². The van der Waals surface area contributed by atoms with Gasteiger partial charge in [-0.25, -0.2) is 14.6 Å². The second-order valence-corrected chi connectivity index (χ2v) is 9.89. The molecule has 1 spiro atoms. The van der Waals surface area contributed by atoms with Crippen LogP contribution in [0.4, 0.5) is 0 Å². The van der Waals surface area contributed by atoms with E-state index in [2.05, 4.69) is 10.3 Å². The Morgan fingerprint density at radius 2 is 2.06 bits per heavy atom. The van der Waals surface area contributed by atoms with Gasteiger partial charge < -0.3 is 10.3 Å². The summed E-state index contributed by atoms with van der Waals surface area (Å²) in [6.45, 7) is 0. The van der Waals surface area contributed by atoms with Gasteiger partial charge in [0.2, 0.25) is 0 Å². The molecule has 0 bridgehead atoms. The fourth-order valence-corrected chi connectivity index (χ4v) is 6.13. The quantitative estimate of drug-likeness (QED) is 0.488. The van der Waals surface area contributed by atoms with E-state index >= 15 is 0 Å². The smallest absolute Gasteiger partial charge is 0.185 e. The maximum absolute atomic E-state index is 13.0. The lowest BCUT2D eigenvalue weighted by Gasteiger charge is -2.36. The van der Waals surface area contributed by atoms with Crippen LogP contribution in [0.3, 0.4) is 0 Å². The molecule has 8 nitrogen and oxygen atoms in total. The molecule has 3 aromatic heterocycles. The van der Waals surface area contributed by atoms with Crippen molar-refractivity contribution in [3.63, 3.8) is 0 Å². The molecule has 0 unspecified atom stereocenters. The van der Waals surface area contributed by atoms with E-state index < -0.39 is 5.41 Å². The number of nitrogens with two attached hydrogens (primary N) is 1. The fourth-order valence-electron chi connectivity index (χ4n) is 5.58. The topological polar surface area (TPSA) is 113 Å². The monoisotopic (exact) mass is 438 g/mol. The van der Waals surface area contributed by atoms with Gasteiger partial charge in [0.1, 0.15) is 10.8 Å². The van der Waals surface area contributed by atoms with Crippen molar-refractivity contribution in [2.45, 2.75) is 80.3 Å². The minimum Gasteiger partial charge on any atom is -0.359 e. The van der Waals surface area contributed by atoms with Crippen LogP contribution in [0.2, 0.25) is 0 Å². The van der Waals surface area contributed by atoms with Gasteiger partial charge in [0.05, 0.1) is 23.0 Å². The van der Waals surface area contributed by atoms with Crippen molar-refractivity contribution in [2.75, 3.05) is 6.26 Å². The fraction of sp³-hybridized carbons (Fsp3) is 0.591. The van der Waals surface area contributed by atoms with Crippen molar-refractivity contribution < 1.29 is 9.32 Å². The van der Waals surface area contributed by atoms with E-state index in [0.717, 1.165) is 78.7 Å². The van der Waals surface area contributed by atoms with Crippen LogP contribution >= 0.6 is 11.8 Å². The molecule has 0 aromatic carbocycles. The molecule has 31 heavy (non-hydrogen) atoms. The van der Waals surface area contributed by atoms with Gasteiger partial charge in [-0.05, 0) is 51.2 Å². The number of hydrogen-bond donors (Lipinski definition) is 1. The molecule has 162 valence electrons. The van der Waals surface area contributed by atoms with Crippen LogP contribution in [0.1, 0.15) is 68.7 Å². The molecule has 6 rings (SSSR count). The third-order valence-corrected chi connectivity index (χ3v) is 8.17. The largest absolute Gasteiger partial charge is 0.359 e. The second kappa shape index (κ2) is 7.13. The summed E-state index contributed by atoms with van der Waals surface area (Å²) < 4.78 is 7.85. The van der Waals surface area contributed by atoms with Crippen LogP contribution in [0.15, 0.2) is 15.7 Å². The Morgan fingerprint density at radius 1 is 1.19 bits per heavy atom. The Labute approximate surface area is 184 Å². The molecule has 0 amide bonds. The molecule has 2 fully saturated rings. The van der Waals surface area contributed by atoms with Crippen LogP contribution in [0.25, 0.3) is 22.6 Å². The number of carbonyl (C=O) groups is 1. The number of aromatic nitrogens is 5. The number of fused-ring (bicyclic) bond motifs is 3. The number of rotatable bonds is 3. The van der Waals surface area contributed by atoms with Gasteiger partial charge in [0.15, 0.2) is 22.9 Å². The normalized spacial score (nSPS) is 28.1. The highest BCUT2D eigenvalue weighted by Crippen LogP contribution is 2.47. The summed E-state index contributed by atoms with van der Waals surface area (Å²) in [6.07, 6.45) is 12.0. The van der Waals surface area contributed by atoms with Crippen molar-refractivity contribution in [1.82, 2.24) is 24.9 Å². The lowest BCUT2D eigenvalue weighted by molar-refractivity contribution is -0.128. The van der Waals surface area contributed by atoms with Crippen molar-refractivity contribution in [2.24, 2.45) is 5.73 Å². The molecule has 3 aliphatic rings. The summed E-state index contributed by atoms with van der Waals surface area (Å²) in [5.41, 5.74) is 8.21. The summed E-state index contributed by atoms with van der Waals surface area (Å²) in [7, 11) is 0. The maximum atomic E-state index is 13.0.